The quantitative estimate of drug-likeness (QED) is 0.832. The maximum Gasteiger partial charge on any atom is 0.247 e. The molecule has 0 atom stereocenters. The first-order valence-electron chi connectivity index (χ1n) is 10.1. The summed E-state index contributed by atoms with van der Waals surface area (Å²) in [6.45, 7) is 4.01. The van der Waals surface area contributed by atoms with Crippen LogP contribution in [0.25, 0.3) is 11.5 Å². The molecule has 3 aliphatic rings. The third kappa shape index (κ3) is 3.16. The number of carbonyl (C=O) groups is 1. The van der Waals surface area contributed by atoms with Crippen LogP contribution in [0.3, 0.4) is 0 Å². The second-order valence-corrected chi connectivity index (χ2v) is 8.36. The number of rotatable bonds is 4. The summed E-state index contributed by atoms with van der Waals surface area (Å²) >= 11 is 0. The van der Waals surface area contributed by atoms with Gasteiger partial charge in [-0.15, -0.1) is 10.2 Å². The lowest BCUT2D eigenvalue weighted by Gasteiger charge is -2.38. The van der Waals surface area contributed by atoms with Gasteiger partial charge in [0.25, 0.3) is 0 Å². The summed E-state index contributed by atoms with van der Waals surface area (Å²) < 4.78 is 5.82. The molecule has 0 unspecified atom stereocenters. The number of nitrogens with zero attached hydrogens (tertiary/aromatic N) is 4. The Kier molecular flexibility index (Phi) is 4.23. The highest BCUT2D eigenvalue weighted by Crippen LogP contribution is 2.55. The van der Waals surface area contributed by atoms with E-state index in [4.69, 9.17) is 4.42 Å². The minimum atomic E-state index is -0.0100. The summed E-state index contributed by atoms with van der Waals surface area (Å²) in [5, 5.41) is 8.36. The SMILES string of the molecule is O=C(N1CCN(Cc2nnc(-c3ccccc3)o2)CC1)C12CCC(CC1)C2. The molecule has 6 nitrogen and oxygen atoms in total. The minimum absolute atomic E-state index is 0.0100. The summed E-state index contributed by atoms with van der Waals surface area (Å²) in [5.74, 6) is 2.44. The average molecular weight is 366 g/mol. The molecule has 5 rings (SSSR count). The molecule has 1 amide bonds. The molecule has 2 aliphatic carbocycles. The normalized spacial score (nSPS) is 28.0. The van der Waals surface area contributed by atoms with Crippen molar-refractivity contribution in [3.63, 3.8) is 0 Å². The highest BCUT2D eigenvalue weighted by atomic mass is 16.4. The van der Waals surface area contributed by atoms with Crippen molar-refractivity contribution in [3.05, 3.63) is 36.2 Å². The summed E-state index contributed by atoms with van der Waals surface area (Å²) in [4.78, 5) is 17.5. The smallest absolute Gasteiger partial charge is 0.247 e. The van der Waals surface area contributed by atoms with E-state index in [1.807, 2.05) is 30.3 Å². The Balaban J connectivity index is 1.17. The minimum Gasteiger partial charge on any atom is -0.419 e. The van der Waals surface area contributed by atoms with Gasteiger partial charge in [-0.1, -0.05) is 18.2 Å². The van der Waals surface area contributed by atoms with E-state index in [0.29, 0.717) is 24.2 Å². The third-order valence-electron chi connectivity index (χ3n) is 6.70. The van der Waals surface area contributed by atoms with E-state index >= 15 is 0 Å². The van der Waals surface area contributed by atoms with E-state index in [-0.39, 0.29) is 5.41 Å². The Bertz CT molecular complexity index is 803. The number of hydrogen-bond donors (Lipinski definition) is 0. The molecule has 2 bridgehead atoms. The Labute approximate surface area is 159 Å². The topological polar surface area (TPSA) is 62.5 Å². The van der Waals surface area contributed by atoms with Crippen molar-refractivity contribution in [2.24, 2.45) is 11.3 Å². The van der Waals surface area contributed by atoms with Gasteiger partial charge in [-0.05, 0) is 50.2 Å². The third-order valence-corrected chi connectivity index (χ3v) is 6.70. The fraction of sp³-hybridized carbons (Fsp3) is 0.571. The highest BCUT2D eigenvalue weighted by Gasteiger charge is 2.51. The molecule has 27 heavy (non-hydrogen) atoms. The van der Waals surface area contributed by atoms with Gasteiger partial charge >= 0.3 is 0 Å². The molecule has 0 radical (unpaired) electrons. The molecule has 2 saturated carbocycles. The molecule has 1 aromatic heterocycles. The molecule has 6 heteroatoms. The largest absolute Gasteiger partial charge is 0.419 e. The van der Waals surface area contributed by atoms with Gasteiger partial charge < -0.3 is 9.32 Å². The highest BCUT2D eigenvalue weighted by molar-refractivity contribution is 5.83. The summed E-state index contributed by atoms with van der Waals surface area (Å²) in [6.07, 6.45) is 5.87. The lowest BCUT2D eigenvalue weighted by molar-refractivity contribution is -0.143. The van der Waals surface area contributed by atoms with Gasteiger partial charge in [0.2, 0.25) is 17.7 Å². The Morgan fingerprint density at radius 2 is 1.81 bits per heavy atom. The van der Waals surface area contributed by atoms with Crippen LogP contribution >= 0.6 is 0 Å². The van der Waals surface area contributed by atoms with Crippen molar-refractivity contribution in [1.29, 1.82) is 0 Å². The fourth-order valence-electron chi connectivity index (χ4n) is 5.14. The molecule has 0 spiro atoms. The Morgan fingerprint density at radius 1 is 1.07 bits per heavy atom. The Morgan fingerprint density at radius 3 is 2.48 bits per heavy atom. The molecule has 142 valence electrons. The lowest BCUT2D eigenvalue weighted by atomic mass is 9.82. The van der Waals surface area contributed by atoms with Gasteiger partial charge in [-0.3, -0.25) is 9.69 Å². The van der Waals surface area contributed by atoms with E-state index in [0.717, 1.165) is 56.9 Å². The zero-order valence-electron chi connectivity index (χ0n) is 15.6. The van der Waals surface area contributed by atoms with Gasteiger partial charge in [0.15, 0.2) is 0 Å². The summed E-state index contributed by atoms with van der Waals surface area (Å²) in [5.41, 5.74) is 0.932. The zero-order valence-corrected chi connectivity index (χ0v) is 15.6. The number of piperazine rings is 1. The van der Waals surface area contributed by atoms with E-state index in [1.54, 1.807) is 0 Å². The van der Waals surface area contributed by atoms with Crippen molar-refractivity contribution in [2.45, 2.75) is 38.6 Å². The molecular weight excluding hydrogens is 340 g/mol. The first kappa shape index (κ1) is 16.9. The van der Waals surface area contributed by atoms with Gasteiger partial charge in [0, 0.05) is 37.2 Å². The van der Waals surface area contributed by atoms with Crippen LogP contribution in [-0.4, -0.2) is 52.1 Å². The average Bonchev–Trinajstić information content (AvgIpc) is 3.46. The first-order valence-corrected chi connectivity index (χ1v) is 10.1. The van der Waals surface area contributed by atoms with Crippen LogP contribution < -0.4 is 0 Å². The second-order valence-electron chi connectivity index (χ2n) is 8.36. The fourth-order valence-corrected chi connectivity index (χ4v) is 5.14. The van der Waals surface area contributed by atoms with Crippen LogP contribution in [0.2, 0.25) is 0 Å². The van der Waals surface area contributed by atoms with Crippen molar-refractivity contribution in [2.75, 3.05) is 26.2 Å². The number of carbonyl (C=O) groups excluding carboxylic acids is 1. The van der Waals surface area contributed by atoms with E-state index in [9.17, 15) is 4.79 Å². The molecule has 2 heterocycles. The van der Waals surface area contributed by atoms with Crippen LogP contribution in [0.15, 0.2) is 34.7 Å². The summed E-state index contributed by atoms with van der Waals surface area (Å²) in [6, 6.07) is 9.84. The number of benzene rings is 1. The van der Waals surface area contributed by atoms with Crippen LogP contribution in [0.5, 0.6) is 0 Å². The number of amides is 1. The van der Waals surface area contributed by atoms with Gasteiger partial charge in [-0.25, -0.2) is 0 Å². The number of aromatic nitrogens is 2. The molecule has 3 fully saturated rings. The molecule has 1 aliphatic heterocycles. The lowest BCUT2D eigenvalue weighted by Crippen LogP contribution is -2.52. The van der Waals surface area contributed by atoms with Gasteiger partial charge in [-0.2, -0.15) is 0 Å². The van der Waals surface area contributed by atoms with E-state index in [1.165, 1.54) is 12.8 Å². The number of hydrogen-bond acceptors (Lipinski definition) is 5. The van der Waals surface area contributed by atoms with Crippen LogP contribution in [0, 0.1) is 11.3 Å². The molecule has 2 aromatic rings. The second kappa shape index (κ2) is 6.75. The van der Waals surface area contributed by atoms with Crippen LogP contribution in [0.1, 0.15) is 38.0 Å². The molecule has 1 aromatic carbocycles. The molecule has 0 N–H and O–H groups in total. The molecule has 1 saturated heterocycles. The number of fused-ring (bicyclic) bond motifs is 2. The predicted octanol–water partition coefficient (Wildman–Crippen LogP) is 2.96. The van der Waals surface area contributed by atoms with Crippen LogP contribution in [0.4, 0.5) is 0 Å². The Hall–Kier alpha value is -2.21. The van der Waals surface area contributed by atoms with E-state index in [2.05, 4.69) is 20.0 Å². The predicted molar refractivity (Wildman–Crippen MR) is 101 cm³/mol. The van der Waals surface area contributed by atoms with Crippen molar-refractivity contribution < 1.29 is 9.21 Å². The summed E-state index contributed by atoms with van der Waals surface area (Å²) in [7, 11) is 0. The van der Waals surface area contributed by atoms with Crippen molar-refractivity contribution >= 4 is 5.91 Å². The molecular formula is C21H26N4O2. The van der Waals surface area contributed by atoms with E-state index < -0.39 is 0 Å². The van der Waals surface area contributed by atoms with Crippen molar-refractivity contribution in [1.82, 2.24) is 20.0 Å². The standard InChI is InChI=1S/C21H26N4O2/c26-20(21-8-6-16(14-21)7-9-21)25-12-10-24(11-13-25)15-18-22-23-19(27-18)17-4-2-1-3-5-17/h1-5,16H,6-15H2. The zero-order chi connectivity index (χ0) is 18.3. The van der Waals surface area contributed by atoms with Crippen molar-refractivity contribution in [3.8, 4) is 11.5 Å². The maximum absolute atomic E-state index is 13.1. The first-order chi connectivity index (χ1) is 13.2. The monoisotopic (exact) mass is 366 g/mol. The van der Waals surface area contributed by atoms with Crippen LogP contribution in [-0.2, 0) is 11.3 Å². The van der Waals surface area contributed by atoms with Gasteiger partial charge in [0.05, 0.1) is 6.54 Å². The maximum atomic E-state index is 13.1. The van der Waals surface area contributed by atoms with Gasteiger partial charge in [0.1, 0.15) is 0 Å².